The van der Waals surface area contributed by atoms with E-state index >= 15 is 0 Å². The van der Waals surface area contributed by atoms with Crippen LogP contribution in [-0.4, -0.2) is 36.6 Å². The Morgan fingerprint density at radius 2 is 2.06 bits per heavy atom. The standard InChI is InChI=1S/C14H16ClNO2/c15-11-1-2-13-10(9-11)3-6-16(14(13)17)12-4-7-18-8-5-12/h1-2,9,12H,3-8H2. The van der Waals surface area contributed by atoms with Gasteiger partial charge in [0, 0.05) is 36.4 Å². The van der Waals surface area contributed by atoms with Crippen molar-refractivity contribution in [3.05, 3.63) is 34.3 Å². The number of halogens is 1. The van der Waals surface area contributed by atoms with Crippen LogP contribution in [0.3, 0.4) is 0 Å². The quantitative estimate of drug-likeness (QED) is 0.781. The van der Waals surface area contributed by atoms with Gasteiger partial charge >= 0.3 is 0 Å². The van der Waals surface area contributed by atoms with Gasteiger partial charge in [-0.3, -0.25) is 4.79 Å². The van der Waals surface area contributed by atoms with Crippen LogP contribution in [0, 0.1) is 0 Å². The number of carbonyl (C=O) groups is 1. The monoisotopic (exact) mass is 265 g/mol. The molecule has 1 aromatic carbocycles. The number of rotatable bonds is 1. The van der Waals surface area contributed by atoms with E-state index in [4.69, 9.17) is 16.3 Å². The Morgan fingerprint density at radius 3 is 2.83 bits per heavy atom. The molecule has 1 fully saturated rings. The molecule has 1 amide bonds. The molecule has 4 heteroatoms. The van der Waals surface area contributed by atoms with Crippen molar-refractivity contribution >= 4 is 17.5 Å². The molecule has 2 heterocycles. The molecule has 3 nitrogen and oxygen atoms in total. The second-order valence-electron chi connectivity index (χ2n) is 4.89. The van der Waals surface area contributed by atoms with Crippen molar-refractivity contribution in [3.8, 4) is 0 Å². The van der Waals surface area contributed by atoms with Crippen LogP contribution in [-0.2, 0) is 11.2 Å². The molecule has 2 aliphatic heterocycles. The van der Waals surface area contributed by atoms with Crippen LogP contribution in [0.1, 0.15) is 28.8 Å². The zero-order valence-corrected chi connectivity index (χ0v) is 10.9. The number of benzene rings is 1. The maximum absolute atomic E-state index is 12.5. The molecule has 0 spiro atoms. The highest BCUT2D eigenvalue weighted by Gasteiger charge is 2.30. The minimum Gasteiger partial charge on any atom is -0.381 e. The fourth-order valence-corrected chi connectivity index (χ4v) is 3.01. The number of ether oxygens (including phenoxy) is 1. The summed E-state index contributed by atoms with van der Waals surface area (Å²) in [6.07, 6.45) is 2.81. The van der Waals surface area contributed by atoms with Gasteiger partial charge in [0.25, 0.3) is 5.91 Å². The Morgan fingerprint density at radius 1 is 1.28 bits per heavy atom. The number of hydrogen-bond acceptors (Lipinski definition) is 2. The summed E-state index contributed by atoms with van der Waals surface area (Å²) in [4.78, 5) is 14.5. The summed E-state index contributed by atoms with van der Waals surface area (Å²) in [5.74, 6) is 0.153. The summed E-state index contributed by atoms with van der Waals surface area (Å²) in [7, 11) is 0. The Bertz CT molecular complexity index is 469. The number of carbonyl (C=O) groups excluding carboxylic acids is 1. The van der Waals surface area contributed by atoms with E-state index in [2.05, 4.69) is 0 Å². The largest absolute Gasteiger partial charge is 0.381 e. The predicted octanol–water partition coefficient (Wildman–Crippen LogP) is 2.52. The van der Waals surface area contributed by atoms with Crippen molar-refractivity contribution in [1.82, 2.24) is 4.90 Å². The third-order valence-electron chi connectivity index (χ3n) is 3.81. The van der Waals surface area contributed by atoms with Crippen molar-refractivity contribution in [3.63, 3.8) is 0 Å². The fraction of sp³-hybridized carbons (Fsp3) is 0.500. The molecule has 96 valence electrons. The first-order valence-corrected chi connectivity index (χ1v) is 6.80. The SMILES string of the molecule is O=C1c2ccc(Cl)cc2CCN1C1CCOCC1. The Labute approximate surface area is 112 Å². The summed E-state index contributed by atoms with van der Waals surface area (Å²) in [5.41, 5.74) is 1.90. The molecule has 0 aliphatic carbocycles. The molecule has 1 saturated heterocycles. The molecule has 0 atom stereocenters. The van der Waals surface area contributed by atoms with Gasteiger partial charge in [-0.1, -0.05) is 11.6 Å². The van der Waals surface area contributed by atoms with Crippen molar-refractivity contribution in [2.24, 2.45) is 0 Å². The van der Waals surface area contributed by atoms with Crippen LogP contribution >= 0.6 is 11.6 Å². The van der Waals surface area contributed by atoms with E-state index in [0.29, 0.717) is 11.1 Å². The summed E-state index contributed by atoms with van der Waals surface area (Å²) in [5, 5.41) is 0.709. The van der Waals surface area contributed by atoms with Crippen molar-refractivity contribution in [1.29, 1.82) is 0 Å². The number of nitrogens with zero attached hydrogens (tertiary/aromatic N) is 1. The molecule has 3 rings (SSSR count). The molecule has 0 unspecified atom stereocenters. The zero-order valence-electron chi connectivity index (χ0n) is 10.2. The van der Waals surface area contributed by atoms with E-state index in [1.54, 1.807) is 6.07 Å². The Kier molecular flexibility index (Phi) is 3.27. The van der Waals surface area contributed by atoms with Crippen LogP contribution in [0.4, 0.5) is 0 Å². The molecule has 2 aliphatic rings. The van der Waals surface area contributed by atoms with E-state index < -0.39 is 0 Å². The van der Waals surface area contributed by atoms with E-state index in [9.17, 15) is 4.79 Å². The van der Waals surface area contributed by atoms with Gasteiger partial charge in [0.15, 0.2) is 0 Å². The van der Waals surface area contributed by atoms with E-state index in [1.807, 2.05) is 17.0 Å². The summed E-state index contributed by atoms with van der Waals surface area (Å²) in [6.45, 7) is 2.33. The van der Waals surface area contributed by atoms with Crippen LogP contribution in [0.15, 0.2) is 18.2 Å². The minimum atomic E-state index is 0.153. The molecule has 0 saturated carbocycles. The minimum absolute atomic E-state index is 0.153. The van der Waals surface area contributed by atoms with E-state index in [1.165, 1.54) is 0 Å². The van der Waals surface area contributed by atoms with Gasteiger partial charge < -0.3 is 9.64 Å². The number of fused-ring (bicyclic) bond motifs is 1. The molecule has 0 radical (unpaired) electrons. The van der Waals surface area contributed by atoms with Crippen LogP contribution < -0.4 is 0 Å². The normalized spacial score (nSPS) is 20.9. The highest BCUT2D eigenvalue weighted by atomic mass is 35.5. The van der Waals surface area contributed by atoms with Gasteiger partial charge in [0.2, 0.25) is 0 Å². The van der Waals surface area contributed by atoms with E-state index in [-0.39, 0.29) is 5.91 Å². The van der Waals surface area contributed by atoms with Gasteiger partial charge in [-0.25, -0.2) is 0 Å². The highest BCUT2D eigenvalue weighted by Crippen LogP contribution is 2.26. The lowest BCUT2D eigenvalue weighted by molar-refractivity contribution is 0.0276. The lowest BCUT2D eigenvalue weighted by Gasteiger charge is -2.37. The van der Waals surface area contributed by atoms with Crippen LogP contribution in [0.5, 0.6) is 0 Å². The molecular formula is C14H16ClNO2. The van der Waals surface area contributed by atoms with Gasteiger partial charge in [0.05, 0.1) is 0 Å². The Hall–Kier alpha value is -1.06. The first kappa shape index (κ1) is 12.0. The molecule has 1 aromatic rings. The third kappa shape index (κ3) is 2.13. The Balaban J connectivity index is 1.84. The maximum atomic E-state index is 12.5. The smallest absolute Gasteiger partial charge is 0.254 e. The first-order chi connectivity index (χ1) is 8.75. The lowest BCUT2D eigenvalue weighted by Crippen LogP contribution is -2.47. The summed E-state index contributed by atoms with van der Waals surface area (Å²) in [6, 6.07) is 5.91. The average Bonchev–Trinajstić information content (AvgIpc) is 2.40. The lowest BCUT2D eigenvalue weighted by atomic mass is 9.96. The molecule has 0 aromatic heterocycles. The maximum Gasteiger partial charge on any atom is 0.254 e. The van der Waals surface area contributed by atoms with Crippen molar-refractivity contribution in [2.45, 2.75) is 25.3 Å². The topological polar surface area (TPSA) is 29.5 Å². The summed E-state index contributed by atoms with van der Waals surface area (Å²) >= 11 is 5.97. The van der Waals surface area contributed by atoms with Gasteiger partial charge in [-0.15, -0.1) is 0 Å². The predicted molar refractivity (Wildman–Crippen MR) is 70.0 cm³/mol. The number of hydrogen-bond donors (Lipinski definition) is 0. The van der Waals surface area contributed by atoms with Gasteiger partial charge in [-0.05, 0) is 43.0 Å². The number of amides is 1. The summed E-state index contributed by atoms with van der Waals surface area (Å²) < 4.78 is 5.36. The third-order valence-corrected chi connectivity index (χ3v) is 4.05. The van der Waals surface area contributed by atoms with Gasteiger partial charge in [-0.2, -0.15) is 0 Å². The second kappa shape index (κ2) is 4.90. The molecule has 0 N–H and O–H groups in total. The van der Waals surface area contributed by atoms with Gasteiger partial charge in [0.1, 0.15) is 0 Å². The zero-order chi connectivity index (χ0) is 12.5. The average molecular weight is 266 g/mol. The van der Waals surface area contributed by atoms with Crippen LogP contribution in [0.25, 0.3) is 0 Å². The van der Waals surface area contributed by atoms with Crippen molar-refractivity contribution in [2.75, 3.05) is 19.8 Å². The molecule has 0 bridgehead atoms. The van der Waals surface area contributed by atoms with Crippen molar-refractivity contribution < 1.29 is 9.53 Å². The first-order valence-electron chi connectivity index (χ1n) is 6.43. The van der Waals surface area contributed by atoms with E-state index in [0.717, 1.165) is 50.1 Å². The molecular weight excluding hydrogens is 250 g/mol. The second-order valence-corrected chi connectivity index (χ2v) is 5.33. The highest BCUT2D eigenvalue weighted by molar-refractivity contribution is 6.30. The van der Waals surface area contributed by atoms with Crippen LogP contribution in [0.2, 0.25) is 5.02 Å². The fourth-order valence-electron chi connectivity index (χ4n) is 2.82. The molecule has 18 heavy (non-hydrogen) atoms.